The summed E-state index contributed by atoms with van der Waals surface area (Å²) in [4.78, 5) is 10.8. The molecule has 0 bridgehead atoms. The maximum absolute atomic E-state index is 10.8. The van der Waals surface area contributed by atoms with Gasteiger partial charge in [0.05, 0.1) is 5.69 Å². The number of aldehydes is 1. The van der Waals surface area contributed by atoms with Gasteiger partial charge in [-0.3, -0.25) is 4.79 Å². The Kier molecular flexibility index (Phi) is 3.24. The summed E-state index contributed by atoms with van der Waals surface area (Å²) in [6.07, 6.45) is 9.41. The maximum atomic E-state index is 10.8. The van der Waals surface area contributed by atoms with Gasteiger partial charge < -0.3 is 4.57 Å². The van der Waals surface area contributed by atoms with Crippen LogP contribution in [-0.2, 0) is 0 Å². The van der Waals surface area contributed by atoms with Crippen molar-refractivity contribution in [1.29, 1.82) is 0 Å². The molecule has 0 unspecified atom stereocenters. The number of hydrogen-bond donors (Lipinski definition) is 0. The SMILES string of the molecule is CCC1CCC(n2cccc2C=O)CC1. The van der Waals surface area contributed by atoms with Gasteiger partial charge in [0.2, 0.25) is 0 Å². The second-order valence-corrected chi connectivity index (χ2v) is 4.54. The molecule has 0 aliphatic heterocycles. The molecule has 15 heavy (non-hydrogen) atoms. The summed E-state index contributed by atoms with van der Waals surface area (Å²) in [7, 11) is 0. The summed E-state index contributed by atoms with van der Waals surface area (Å²) in [6, 6.07) is 4.43. The van der Waals surface area contributed by atoms with Crippen molar-refractivity contribution in [2.45, 2.75) is 45.1 Å². The van der Waals surface area contributed by atoms with Gasteiger partial charge in [-0.1, -0.05) is 13.3 Å². The molecular weight excluding hydrogens is 186 g/mol. The minimum atomic E-state index is 0.558. The lowest BCUT2D eigenvalue weighted by Crippen LogP contribution is -2.18. The van der Waals surface area contributed by atoms with E-state index in [1.165, 1.54) is 32.1 Å². The third-order valence-electron chi connectivity index (χ3n) is 3.72. The molecule has 0 radical (unpaired) electrons. The number of aromatic nitrogens is 1. The maximum Gasteiger partial charge on any atom is 0.166 e. The predicted octanol–water partition coefficient (Wildman–Crippen LogP) is 3.44. The average Bonchev–Trinajstić information content (AvgIpc) is 2.77. The Morgan fingerprint density at radius 3 is 2.73 bits per heavy atom. The molecule has 82 valence electrons. The highest BCUT2D eigenvalue weighted by atomic mass is 16.1. The van der Waals surface area contributed by atoms with E-state index in [2.05, 4.69) is 11.5 Å². The van der Waals surface area contributed by atoms with E-state index in [9.17, 15) is 4.79 Å². The van der Waals surface area contributed by atoms with E-state index >= 15 is 0 Å². The van der Waals surface area contributed by atoms with Gasteiger partial charge in [-0.25, -0.2) is 0 Å². The molecule has 1 aromatic rings. The predicted molar refractivity (Wildman–Crippen MR) is 61.1 cm³/mol. The summed E-state index contributed by atoms with van der Waals surface area (Å²) < 4.78 is 2.15. The first-order valence-corrected chi connectivity index (χ1v) is 5.97. The van der Waals surface area contributed by atoms with Gasteiger partial charge in [-0.2, -0.15) is 0 Å². The minimum absolute atomic E-state index is 0.558. The third kappa shape index (κ3) is 2.14. The molecule has 1 saturated carbocycles. The molecule has 0 saturated heterocycles. The van der Waals surface area contributed by atoms with Crippen molar-refractivity contribution >= 4 is 6.29 Å². The standard InChI is InChI=1S/C13H19NO/c1-2-11-5-7-12(8-6-11)14-9-3-4-13(14)10-15/h3-4,9-12H,2,5-8H2,1H3. The van der Waals surface area contributed by atoms with Crippen molar-refractivity contribution in [3.8, 4) is 0 Å². The van der Waals surface area contributed by atoms with Crippen LogP contribution in [0.3, 0.4) is 0 Å². The number of carbonyl (C=O) groups is 1. The van der Waals surface area contributed by atoms with Crippen LogP contribution in [0, 0.1) is 5.92 Å². The first-order valence-electron chi connectivity index (χ1n) is 5.97. The summed E-state index contributed by atoms with van der Waals surface area (Å²) in [5.41, 5.74) is 0.829. The van der Waals surface area contributed by atoms with Crippen LogP contribution < -0.4 is 0 Å². The molecule has 1 heterocycles. The lowest BCUT2D eigenvalue weighted by atomic mass is 9.84. The van der Waals surface area contributed by atoms with E-state index in [0.29, 0.717) is 6.04 Å². The Morgan fingerprint density at radius 2 is 2.13 bits per heavy atom. The molecule has 2 rings (SSSR count). The molecule has 2 heteroatoms. The molecule has 0 atom stereocenters. The van der Waals surface area contributed by atoms with Crippen LogP contribution >= 0.6 is 0 Å². The van der Waals surface area contributed by atoms with Crippen molar-refractivity contribution in [3.05, 3.63) is 24.0 Å². The van der Waals surface area contributed by atoms with Crippen LogP contribution in [0.2, 0.25) is 0 Å². The van der Waals surface area contributed by atoms with E-state index in [1.807, 2.05) is 18.3 Å². The van der Waals surface area contributed by atoms with Crippen LogP contribution in [0.1, 0.15) is 55.6 Å². The zero-order valence-electron chi connectivity index (χ0n) is 9.36. The highest BCUT2D eigenvalue weighted by Gasteiger charge is 2.21. The highest BCUT2D eigenvalue weighted by Crippen LogP contribution is 2.34. The second-order valence-electron chi connectivity index (χ2n) is 4.54. The quantitative estimate of drug-likeness (QED) is 0.693. The molecule has 0 aromatic carbocycles. The molecular formula is C13H19NO. The lowest BCUT2D eigenvalue weighted by molar-refractivity contribution is 0.111. The largest absolute Gasteiger partial charge is 0.342 e. The van der Waals surface area contributed by atoms with Gasteiger partial charge in [0.15, 0.2) is 6.29 Å². The monoisotopic (exact) mass is 205 g/mol. The molecule has 1 aliphatic carbocycles. The molecule has 2 nitrogen and oxygen atoms in total. The van der Waals surface area contributed by atoms with Crippen LogP contribution in [-0.4, -0.2) is 10.9 Å². The molecule has 1 fully saturated rings. The van der Waals surface area contributed by atoms with E-state index in [1.54, 1.807) is 0 Å². The Bertz CT molecular complexity index is 321. The van der Waals surface area contributed by atoms with Crippen molar-refractivity contribution in [2.24, 2.45) is 5.92 Å². The second kappa shape index (κ2) is 4.65. The number of nitrogens with zero attached hydrogens (tertiary/aromatic N) is 1. The minimum Gasteiger partial charge on any atom is -0.342 e. The number of carbonyl (C=O) groups excluding carboxylic acids is 1. The number of rotatable bonds is 3. The molecule has 0 N–H and O–H groups in total. The zero-order chi connectivity index (χ0) is 10.7. The summed E-state index contributed by atoms with van der Waals surface area (Å²) in [5.74, 6) is 0.913. The van der Waals surface area contributed by atoms with Crippen molar-refractivity contribution in [1.82, 2.24) is 4.57 Å². The normalized spacial score (nSPS) is 26.5. The van der Waals surface area contributed by atoms with Gasteiger partial charge in [0.1, 0.15) is 0 Å². The van der Waals surface area contributed by atoms with E-state index in [4.69, 9.17) is 0 Å². The topological polar surface area (TPSA) is 22.0 Å². The van der Waals surface area contributed by atoms with E-state index < -0.39 is 0 Å². The van der Waals surface area contributed by atoms with Gasteiger partial charge in [0, 0.05) is 12.2 Å². The lowest BCUT2D eigenvalue weighted by Gasteiger charge is -2.29. The highest BCUT2D eigenvalue weighted by molar-refractivity contribution is 5.72. The molecule has 1 aromatic heterocycles. The van der Waals surface area contributed by atoms with E-state index in [-0.39, 0.29) is 0 Å². The average molecular weight is 205 g/mol. The molecule has 1 aliphatic rings. The first kappa shape index (κ1) is 10.5. The van der Waals surface area contributed by atoms with Crippen LogP contribution in [0.4, 0.5) is 0 Å². The number of hydrogen-bond acceptors (Lipinski definition) is 1. The van der Waals surface area contributed by atoms with Crippen molar-refractivity contribution < 1.29 is 4.79 Å². The van der Waals surface area contributed by atoms with Crippen LogP contribution in [0.5, 0.6) is 0 Å². The summed E-state index contributed by atoms with van der Waals surface area (Å²) in [6.45, 7) is 2.28. The molecule has 0 amide bonds. The van der Waals surface area contributed by atoms with E-state index in [0.717, 1.165) is 17.9 Å². The summed E-state index contributed by atoms with van der Waals surface area (Å²) >= 11 is 0. The fraction of sp³-hybridized carbons (Fsp3) is 0.615. The zero-order valence-corrected chi connectivity index (χ0v) is 9.36. The Labute approximate surface area is 91.3 Å². The third-order valence-corrected chi connectivity index (χ3v) is 3.72. The van der Waals surface area contributed by atoms with Gasteiger partial charge >= 0.3 is 0 Å². The smallest absolute Gasteiger partial charge is 0.166 e. The van der Waals surface area contributed by atoms with Crippen LogP contribution in [0.15, 0.2) is 18.3 Å². The Balaban J connectivity index is 2.04. The fourth-order valence-electron chi connectivity index (χ4n) is 2.67. The van der Waals surface area contributed by atoms with Crippen molar-refractivity contribution in [3.63, 3.8) is 0 Å². The first-order chi connectivity index (χ1) is 7.35. The molecule has 0 spiro atoms. The Hall–Kier alpha value is -1.05. The van der Waals surface area contributed by atoms with Crippen LogP contribution in [0.25, 0.3) is 0 Å². The van der Waals surface area contributed by atoms with Gasteiger partial charge in [-0.15, -0.1) is 0 Å². The van der Waals surface area contributed by atoms with Gasteiger partial charge in [-0.05, 0) is 43.7 Å². The summed E-state index contributed by atoms with van der Waals surface area (Å²) in [5, 5.41) is 0. The Morgan fingerprint density at radius 1 is 1.40 bits per heavy atom. The fourth-order valence-corrected chi connectivity index (χ4v) is 2.67. The van der Waals surface area contributed by atoms with Gasteiger partial charge in [0.25, 0.3) is 0 Å². The van der Waals surface area contributed by atoms with Crippen molar-refractivity contribution in [2.75, 3.05) is 0 Å².